The van der Waals surface area contributed by atoms with Gasteiger partial charge in [0, 0.05) is 6.07 Å². The lowest BCUT2D eigenvalue weighted by atomic mass is 10.2. The molecule has 0 saturated heterocycles. The SMILES string of the molecule is C=CCOC(=O)N(CC(=O)O)c1ccc2c(c1)OCO2. The molecule has 0 unspecified atom stereocenters. The number of hydrogen-bond donors (Lipinski definition) is 1. The van der Waals surface area contributed by atoms with E-state index < -0.39 is 18.6 Å². The van der Waals surface area contributed by atoms with Crippen LogP contribution < -0.4 is 14.4 Å². The van der Waals surface area contributed by atoms with Gasteiger partial charge in [-0.25, -0.2) is 4.79 Å². The van der Waals surface area contributed by atoms with Gasteiger partial charge in [0.1, 0.15) is 13.2 Å². The van der Waals surface area contributed by atoms with Crippen LogP contribution in [0.2, 0.25) is 0 Å². The molecule has 0 aliphatic carbocycles. The number of fused-ring (bicyclic) bond motifs is 1. The highest BCUT2D eigenvalue weighted by Gasteiger charge is 2.23. The van der Waals surface area contributed by atoms with E-state index in [0.29, 0.717) is 17.2 Å². The summed E-state index contributed by atoms with van der Waals surface area (Å²) in [5.41, 5.74) is 0.353. The number of amides is 1. The van der Waals surface area contributed by atoms with Crippen LogP contribution in [0.1, 0.15) is 0 Å². The lowest BCUT2D eigenvalue weighted by Gasteiger charge is -2.20. The van der Waals surface area contributed by atoms with Gasteiger partial charge in [0.2, 0.25) is 6.79 Å². The number of hydrogen-bond acceptors (Lipinski definition) is 5. The Kier molecular flexibility index (Phi) is 4.09. The Labute approximate surface area is 115 Å². The summed E-state index contributed by atoms with van der Waals surface area (Å²) in [5.74, 6) is -0.156. The maximum Gasteiger partial charge on any atom is 0.415 e. The zero-order valence-electron chi connectivity index (χ0n) is 10.6. The van der Waals surface area contributed by atoms with Crippen molar-refractivity contribution < 1.29 is 28.9 Å². The molecule has 7 heteroatoms. The van der Waals surface area contributed by atoms with E-state index in [0.717, 1.165) is 4.90 Å². The van der Waals surface area contributed by atoms with Crippen molar-refractivity contribution in [2.24, 2.45) is 0 Å². The van der Waals surface area contributed by atoms with Gasteiger partial charge < -0.3 is 19.3 Å². The standard InChI is InChI=1S/C13H13NO6/c1-2-5-18-13(17)14(7-12(15)16)9-3-4-10-11(6-9)20-8-19-10/h2-4,6H,1,5,7-8H2,(H,15,16). The van der Waals surface area contributed by atoms with E-state index in [9.17, 15) is 9.59 Å². The monoisotopic (exact) mass is 279 g/mol. The number of carbonyl (C=O) groups excluding carboxylic acids is 1. The van der Waals surface area contributed by atoms with Crippen molar-refractivity contribution in [1.82, 2.24) is 0 Å². The Morgan fingerprint density at radius 1 is 1.40 bits per heavy atom. The predicted molar refractivity (Wildman–Crippen MR) is 69.1 cm³/mol. The van der Waals surface area contributed by atoms with Crippen molar-refractivity contribution in [3.63, 3.8) is 0 Å². The lowest BCUT2D eigenvalue weighted by Crippen LogP contribution is -2.36. The first-order valence-corrected chi connectivity index (χ1v) is 5.78. The zero-order valence-corrected chi connectivity index (χ0v) is 10.6. The van der Waals surface area contributed by atoms with Gasteiger partial charge in [-0.2, -0.15) is 0 Å². The molecule has 1 aliphatic rings. The topological polar surface area (TPSA) is 85.3 Å². The zero-order chi connectivity index (χ0) is 14.5. The Morgan fingerprint density at radius 3 is 2.85 bits per heavy atom. The first kappa shape index (κ1) is 13.7. The fourth-order valence-electron chi connectivity index (χ4n) is 1.66. The molecule has 0 saturated carbocycles. The van der Waals surface area contributed by atoms with Crippen molar-refractivity contribution in [2.75, 3.05) is 24.8 Å². The van der Waals surface area contributed by atoms with Gasteiger partial charge in [0.05, 0.1) is 5.69 Å². The number of ether oxygens (including phenoxy) is 3. The third kappa shape index (κ3) is 3.00. The van der Waals surface area contributed by atoms with Gasteiger partial charge in [-0.3, -0.25) is 9.69 Å². The molecule has 2 rings (SSSR count). The minimum Gasteiger partial charge on any atom is -0.480 e. The fraction of sp³-hybridized carbons (Fsp3) is 0.231. The van der Waals surface area contributed by atoms with Crippen LogP contribution in [-0.2, 0) is 9.53 Å². The number of carboxylic acids is 1. The molecule has 0 radical (unpaired) electrons. The lowest BCUT2D eigenvalue weighted by molar-refractivity contribution is -0.135. The quantitative estimate of drug-likeness (QED) is 0.824. The third-order valence-corrected chi connectivity index (χ3v) is 2.51. The highest BCUT2D eigenvalue weighted by atomic mass is 16.7. The number of rotatable bonds is 5. The van der Waals surface area contributed by atoms with Gasteiger partial charge in [-0.05, 0) is 12.1 Å². The molecule has 0 aromatic heterocycles. The van der Waals surface area contributed by atoms with Crippen molar-refractivity contribution >= 4 is 17.7 Å². The van der Waals surface area contributed by atoms with Gasteiger partial charge in [0.15, 0.2) is 11.5 Å². The molecule has 1 amide bonds. The molecule has 1 heterocycles. The molecule has 1 aliphatic heterocycles. The highest BCUT2D eigenvalue weighted by molar-refractivity contribution is 5.93. The van der Waals surface area contributed by atoms with E-state index in [4.69, 9.17) is 19.3 Å². The summed E-state index contributed by atoms with van der Waals surface area (Å²) >= 11 is 0. The maximum absolute atomic E-state index is 11.9. The molecule has 0 fully saturated rings. The van der Waals surface area contributed by atoms with E-state index >= 15 is 0 Å². The van der Waals surface area contributed by atoms with Crippen LogP contribution in [-0.4, -0.2) is 37.1 Å². The van der Waals surface area contributed by atoms with Crippen molar-refractivity contribution in [1.29, 1.82) is 0 Å². The average Bonchev–Trinajstić information content (AvgIpc) is 2.89. The molecule has 1 aromatic carbocycles. The number of carbonyl (C=O) groups is 2. The normalized spacial score (nSPS) is 11.8. The highest BCUT2D eigenvalue weighted by Crippen LogP contribution is 2.35. The predicted octanol–water partition coefficient (Wildman–Crippen LogP) is 1.63. The number of carboxylic acid groups (broad SMARTS) is 1. The van der Waals surface area contributed by atoms with E-state index in [1.165, 1.54) is 12.1 Å². The summed E-state index contributed by atoms with van der Waals surface area (Å²) in [7, 11) is 0. The van der Waals surface area contributed by atoms with E-state index in [1.54, 1.807) is 12.1 Å². The summed E-state index contributed by atoms with van der Waals surface area (Å²) in [6.07, 6.45) is 0.627. The molecule has 0 atom stereocenters. The van der Waals surface area contributed by atoms with Crippen molar-refractivity contribution in [3.05, 3.63) is 30.9 Å². The molecule has 1 aromatic rings. The Morgan fingerprint density at radius 2 is 2.15 bits per heavy atom. The Hall–Kier alpha value is -2.70. The second kappa shape index (κ2) is 5.96. The van der Waals surface area contributed by atoms with Crippen LogP contribution in [0.4, 0.5) is 10.5 Å². The van der Waals surface area contributed by atoms with Crippen molar-refractivity contribution in [3.8, 4) is 11.5 Å². The van der Waals surface area contributed by atoms with E-state index in [1.807, 2.05) is 0 Å². The van der Waals surface area contributed by atoms with Gasteiger partial charge in [-0.15, -0.1) is 0 Å². The van der Waals surface area contributed by atoms with E-state index in [-0.39, 0.29) is 13.4 Å². The second-order valence-corrected chi connectivity index (χ2v) is 3.88. The summed E-state index contributed by atoms with van der Waals surface area (Å²) < 4.78 is 15.2. The maximum atomic E-state index is 11.9. The van der Waals surface area contributed by atoms with Gasteiger partial charge >= 0.3 is 12.1 Å². The third-order valence-electron chi connectivity index (χ3n) is 2.51. The molecule has 106 valence electrons. The van der Waals surface area contributed by atoms with Crippen LogP contribution in [0.15, 0.2) is 30.9 Å². The molecule has 0 spiro atoms. The number of anilines is 1. The Bertz CT molecular complexity index is 542. The number of nitrogens with zero attached hydrogens (tertiary/aromatic N) is 1. The summed E-state index contributed by atoms with van der Waals surface area (Å²) in [6.45, 7) is 3.00. The molecule has 0 bridgehead atoms. The second-order valence-electron chi connectivity index (χ2n) is 3.88. The number of aliphatic carboxylic acids is 1. The molecule has 1 N–H and O–H groups in total. The van der Waals surface area contributed by atoms with Crippen LogP contribution >= 0.6 is 0 Å². The van der Waals surface area contributed by atoms with Crippen LogP contribution in [0.25, 0.3) is 0 Å². The molecular weight excluding hydrogens is 266 g/mol. The summed E-state index contributed by atoms with van der Waals surface area (Å²) in [6, 6.07) is 4.69. The fourth-order valence-corrected chi connectivity index (χ4v) is 1.66. The van der Waals surface area contributed by atoms with Crippen molar-refractivity contribution in [2.45, 2.75) is 0 Å². The molecule has 7 nitrogen and oxygen atoms in total. The average molecular weight is 279 g/mol. The minimum atomic E-state index is -1.15. The summed E-state index contributed by atoms with van der Waals surface area (Å²) in [4.78, 5) is 23.7. The van der Waals surface area contributed by atoms with Crippen LogP contribution in [0, 0.1) is 0 Å². The molecule has 20 heavy (non-hydrogen) atoms. The van der Waals surface area contributed by atoms with Crippen LogP contribution in [0.5, 0.6) is 11.5 Å². The number of benzene rings is 1. The van der Waals surface area contributed by atoms with Crippen LogP contribution in [0.3, 0.4) is 0 Å². The summed E-state index contributed by atoms with van der Waals surface area (Å²) in [5, 5.41) is 8.89. The first-order valence-electron chi connectivity index (χ1n) is 5.78. The smallest absolute Gasteiger partial charge is 0.415 e. The Balaban J connectivity index is 2.23. The van der Waals surface area contributed by atoms with E-state index in [2.05, 4.69) is 6.58 Å². The first-order chi connectivity index (χ1) is 9.61. The van der Waals surface area contributed by atoms with Gasteiger partial charge in [-0.1, -0.05) is 12.7 Å². The largest absolute Gasteiger partial charge is 0.480 e. The molecular formula is C13H13NO6. The van der Waals surface area contributed by atoms with Gasteiger partial charge in [0.25, 0.3) is 0 Å². The minimum absolute atomic E-state index is 0.000492.